The monoisotopic (exact) mass is 158 g/mol. The van der Waals surface area contributed by atoms with Crippen LogP contribution in [0, 0.1) is 5.92 Å². The van der Waals surface area contributed by atoms with Crippen LogP contribution in [0.2, 0.25) is 0 Å². The summed E-state index contributed by atoms with van der Waals surface area (Å²) in [6, 6.07) is 8.35. The first kappa shape index (κ1) is 6.41. The second-order valence-corrected chi connectivity index (χ2v) is 3.79. The highest BCUT2D eigenvalue weighted by molar-refractivity contribution is 5.95. The molecule has 0 aliphatic heterocycles. The third kappa shape index (κ3) is 0.619. The molecule has 1 aromatic carbocycles. The Hall–Kier alpha value is -1.11. The van der Waals surface area contributed by atoms with Crippen molar-refractivity contribution >= 4 is 5.78 Å². The molecule has 0 saturated heterocycles. The van der Waals surface area contributed by atoms with Gasteiger partial charge in [0.05, 0.1) is 0 Å². The lowest BCUT2D eigenvalue weighted by molar-refractivity contribution is -0.132. The van der Waals surface area contributed by atoms with Gasteiger partial charge < -0.3 is 0 Å². The van der Waals surface area contributed by atoms with E-state index in [9.17, 15) is 4.79 Å². The lowest BCUT2D eigenvalue weighted by atomic mass is 9.61. The topological polar surface area (TPSA) is 17.1 Å². The molecule has 0 radical (unpaired) electrons. The van der Waals surface area contributed by atoms with E-state index in [-0.39, 0.29) is 5.92 Å². The molecule has 1 aromatic rings. The van der Waals surface area contributed by atoms with E-state index < -0.39 is 0 Å². The van der Waals surface area contributed by atoms with Crippen molar-refractivity contribution in [1.82, 2.24) is 0 Å². The molecule has 2 atom stereocenters. The second-order valence-electron chi connectivity index (χ2n) is 3.79. The van der Waals surface area contributed by atoms with E-state index in [0.29, 0.717) is 11.7 Å². The van der Waals surface area contributed by atoms with E-state index in [1.54, 1.807) is 0 Å². The zero-order chi connectivity index (χ0) is 8.13. The molecular weight excluding hydrogens is 148 g/mol. The van der Waals surface area contributed by atoms with Crippen LogP contribution in [0.3, 0.4) is 0 Å². The quantitative estimate of drug-likeness (QED) is 0.563. The first-order valence-corrected chi connectivity index (χ1v) is 4.48. The van der Waals surface area contributed by atoms with Gasteiger partial charge in [0, 0.05) is 11.8 Å². The normalized spacial score (nSPS) is 30.8. The summed E-state index contributed by atoms with van der Waals surface area (Å²) in [5, 5.41) is 0. The molecule has 1 fully saturated rings. The second kappa shape index (κ2) is 1.98. The molecule has 1 saturated carbocycles. The maximum Gasteiger partial charge on any atom is 0.143 e. The van der Waals surface area contributed by atoms with Crippen LogP contribution in [0.25, 0.3) is 0 Å². The van der Waals surface area contributed by atoms with E-state index in [4.69, 9.17) is 0 Å². The predicted molar refractivity (Wildman–Crippen MR) is 46.0 cm³/mol. The fourth-order valence-electron chi connectivity index (χ4n) is 2.43. The van der Waals surface area contributed by atoms with Crippen molar-refractivity contribution < 1.29 is 4.79 Å². The van der Waals surface area contributed by atoms with Gasteiger partial charge >= 0.3 is 0 Å². The summed E-state index contributed by atoms with van der Waals surface area (Å²) in [5.74, 6) is 1.11. The molecule has 0 heterocycles. The van der Waals surface area contributed by atoms with E-state index in [1.807, 2.05) is 6.07 Å². The molecular formula is C11H10O. The Balaban J connectivity index is 2.18. The number of carbonyl (C=O) groups excluding carboxylic acids is 1. The van der Waals surface area contributed by atoms with Crippen molar-refractivity contribution in [2.45, 2.75) is 18.8 Å². The average Bonchev–Trinajstić information content (AvgIpc) is 2.16. The van der Waals surface area contributed by atoms with Crippen LogP contribution in [0.15, 0.2) is 24.3 Å². The SMILES string of the molecule is O=C1C2Cc3ccccc3C1C2. The molecule has 1 heteroatoms. The molecule has 2 unspecified atom stereocenters. The Morgan fingerprint density at radius 3 is 2.92 bits per heavy atom. The summed E-state index contributed by atoms with van der Waals surface area (Å²) < 4.78 is 0. The summed E-state index contributed by atoms with van der Waals surface area (Å²) in [7, 11) is 0. The maximum absolute atomic E-state index is 11.4. The number of Topliss-reactive ketones (excluding diaryl/α,β-unsaturated/α-hetero) is 1. The summed E-state index contributed by atoms with van der Waals surface area (Å²) in [6.45, 7) is 0. The third-order valence-corrected chi connectivity index (χ3v) is 3.16. The molecule has 3 aliphatic carbocycles. The van der Waals surface area contributed by atoms with Gasteiger partial charge in [-0.1, -0.05) is 24.3 Å². The first-order valence-electron chi connectivity index (χ1n) is 4.48. The minimum absolute atomic E-state index is 0.264. The van der Waals surface area contributed by atoms with E-state index in [1.165, 1.54) is 11.1 Å². The van der Waals surface area contributed by atoms with Crippen LogP contribution in [-0.4, -0.2) is 5.78 Å². The van der Waals surface area contributed by atoms with Crippen molar-refractivity contribution in [2.75, 3.05) is 0 Å². The van der Waals surface area contributed by atoms with Crippen LogP contribution >= 0.6 is 0 Å². The van der Waals surface area contributed by atoms with Gasteiger partial charge in [0.25, 0.3) is 0 Å². The lowest BCUT2D eigenvalue weighted by Gasteiger charge is -2.40. The van der Waals surface area contributed by atoms with Gasteiger partial charge in [-0.15, -0.1) is 0 Å². The Labute approximate surface area is 71.4 Å². The van der Waals surface area contributed by atoms with Crippen molar-refractivity contribution in [1.29, 1.82) is 0 Å². The summed E-state index contributed by atoms with van der Waals surface area (Å²) >= 11 is 0. The van der Waals surface area contributed by atoms with Gasteiger partial charge in [-0.25, -0.2) is 0 Å². The van der Waals surface area contributed by atoms with Crippen molar-refractivity contribution in [3.05, 3.63) is 35.4 Å². The van der Waals surface area contributed by atoms with Crippen LogP contribution in [0.4, 0.5) is 0 Å². The summed E-state index contributed by atoms with van der Waals surface area (Å²) in [4.78, 5) is 11.4. The Morgan fingerprint density at radius 1 is 1.25 bits per heavy atom. The molecule has 1 nitrogen and oxygen atoms in total. The summed E-state index contributed by atoms with van der Waals surface area (Å²) in [5.41, 5.74) is 2.70. The number of benzene rings is 1. The van der Waals surface area contributed by atoms with Gasteiger partial charge in [0.15, 0.2) is 0 Å². The standard InChI is InChI=1S/C11H10O/c12-11-8-5-7-3-1-2-4-9(7)10(11)6-8/h1-4,8,10H,5-6H2. The van der Waals surface area contributed by atoms with E-state index >= 15 is 0 Å². The Kier molecular flexibility index (Phi) is 1.06. The molecule has 0 aromatic heterocycles. The minimum Gasteiger partial charge on any atom is -0.299 e. The van der Waals surface area contributed by atoms with Gasteiger partial charge in [-0.2, -0.15) is 0 Å². The Morgan fingerprint density at radius 2 is 2.08 bits per heavy atom. The number of ketones is 1. The number of hydrogen-bond donors (Lipinski definition) is 0. The molecule has 4 rings (SSSR count). The van der Waals surface area contributed by atoms with Crippen molar-refractivity contribution in [3.63, 3.8) is 0 Å². The average molecular weight is 158 g/mol. The zero-order valence-corrected chi connectivity index (χ0v) is 6.79. The van der Waals surface area contributed by atoms with Gasteiger partial charge in [0.1, 0.15) is 5.78 Å². The molecule has 12 heavy (non-hydrogen) atoms. The molecule has 60 valence electrons. The Bertz CT molecular complexity index is 354. The highest BCUT2D eigenvalue weighted by Gasteiger charge is 2.44. The van der Waals surface area contributed by atoms with Gasteiger partial charge in [-0.05, 0) is 24.0 Å². The van der Waals surface area contributed by atoms with Gasteiger partial charge in [-0.3, -0.25) is 4.79 Å². The predicted octanol–water partition coefficient (Wildman–Crippen LogP) is 1.92. The van der Waals surface area contributed by atoms with Crippen molar-refractivity contribution in [2.24, 2.45) is 5.92 Å². The fraction of sp³-hybridized carbons (Fsp3) is 0.364. The molecule has 3 aliphatic rings. The largest absolute Gasteiger partial charge is 0.299 e. The number of carbonyl (C=O) groups is 1. The number of rotatable bonds is 0. The first-order chi connectivity index (χ1) is 5.86. The summed E-state index contributed by atoms with van der Waals surface area (Å²) in [6.07, 6.45) is 2.10. The molecule has 2 bridgehead atoms. The smallest absolute Gasteiger partial charge is 0.143 e. The molecule has 0 N–H and O–H groups in total. The highest BCUT2D eigenvalue weighted by Crippen LogP contribution is 2.46. The zero-order valence-electron chi connectivity index (χ0n) is 6.79. The van der Waals surface area contributed by atoms with Crippen molar-refractivity contribution in [3.8, 4) is 0 Å². The van der Waals surface area contributed by atoms with Crippen LogP contribution in [-0.2, 0) is 11.2 Å². The highest BCUT2D eigenvalue weighted by atomic mass is 16.1. The number of hydrogen-bond acceptors (Lipinski definition) is 1. The molecule has 0 amide bonds. The lowest BCUT2D eigenvalue weighted by Crippen LogP contribution is -2.41. The van der Waals surface area contributed by atoms with Crippen LogP contribution in [0.1, 0.15) is 23.5 Å². The minimum atomic E-state index is 0.264. The van der Waals surface area contributed by atoms with E-state index in [2.05, 4.69) is 18.2 Å². The van der Waals surface area contributed by atoms with E-state index in [0.717, 1.165) is 12.8 Å². The van der Waals surface area contributed by atoms with Gasteiger partial charge in [0.2, 0.25) is 0 Å². The maximum atomic E-state index is 11.4. The molecule has 0 spiro atoms. The van der Waals surface area contributed by atoms with Crippen LogP contribution in [0.5, 0.6) is 0 Å². The fourth-order valence-corrected chi connectivity index (χ4v) is 2.43. The van der Waals surface area contributed by atoms with Crippen LogP contribution < -0.4 is 0 Å². The third-order valence-electron chi connectivity index (χ3n) is 3.16.